The first-order valence-corrected chi connectivity index (χ1v) is 12.4. The lowest BCUT2D eigenvalue weighted by atomic mass is 9.93. The topological polar surface area (TPSA) is 83.7 Å². The molecule has 1 aromatic carbocycles. The van der Waals surface area contributed by atoms with E-state index in [4.69, 9.17) is 4.74 Å². The minimum Gasteiger partial charge on any atom is -0.391 e. The van der Waals surface area contributed by atoms with Gasteiger partial charge in [0.25, 0.3) is 0 Å². The Bertz CT molecular complexity index is 1260. The molecule has 0 amide bonds. The smallest absolute Gasteiger partial charge is 0.391 e. The monoisotopic (exact) mass is 517 g/mol. The van der Waals surface area contributed by atoms with Crippen LogP contribution in [0.15, 0.2) is 42.9 Å². The van der Waals surface area contributed by atoms with E-state index in [9.17, 15) is 23.1 Å². The Balaban J connectivity index is 1.40. The van der Waals surface area contributed by atoms with Gasteiger partial charge in [0.15, 0.2) is 0 Å². The van der Waals surface area contributed by atoms with Crippen molar-refractivity contribution in [3.05, 3.63) is 54.0 Å². The van der Waals surface area contributed by atoms with Crippen LogP contribution in [0.1, 0.15) is 30.5 Å². The fourth-order valence-corrected chi connectivity index (χ4v) is 5.39. The van der Waals surface area contributed by atoms with Crippen molar-refractivity contribution in [2.45, 2.75) is 38.2 Å². The zero-order valence-electron chi connectivity index (χ0n) is 20.6. The van der Waals surface area contributed by atoms with E-state index in [0.717, 1.165) is 24.4 Å². The molecule has 2 fully saturated rings. The minimum absolute atomic E-state index is 0.0125. The van der Waals surface area contributed by atoms with Crippen molar-refractivity contribution in [1.29, 1.82) is 0 Å². The summed E-state index contributed by atoms with van der Waals surface area (Å²) in [5.41, 5.74) is 0.529. The molecule has 0 aliphatic carbocycles. The van der Waals surface area contributed by atoms with Gasteiger partial charge in [0.05, 0.1) is 42.9 Å². The van der Waals surface area contributed by atoms with E-state index in [1.54, 1.807) is 13.0 Å². The number of β-amino-alcohol motifs (C(OH)–C–C–N with tert-alkyl or cyclic N) is 1. The number of likely N-dealkylation sites (tertiary alicyclic amines) is 1. The average Bonchev–Trinajstić information content (AvgIpc) is 3.28. The molecule has 0 saturated carbocycles. The molecule has 2 aromatic heterocycles. The molecule has 1 N–H and O–H groups in total. The number of benzene rings is 1. The molecule has 3 aromatic rings. The van der Waals surface area contributed by atoms with Crippen LogP contribution >= 0.6 is 0 Å². The number of ketones is 1. The quantitative estimate of drug-likeness (QED) is 0.537. The number of nitrogens with zero attached hydrogens (tertiary/aromatic N) is 5. The fraction of sp³-hybridized carbons (Fsp3) is 0.500. The van der Waals surface area contributed by atoms with Gasteiger partial charge in [-0.2, -0.15) is 13.2 Å². The zero-order chi connectivity index (χ0) is 26.2. The second-order valence-corrected chi connectivity index (χ2v) is 9.86. The molecular weight excluding hydrogens is 487 g/mol. The Morgan fingerprint density at radius 2 is 2.05 bits per heavy atom. The van der Waals surface area contributed by atoms with Crippen molar-refractivity contribution >= 4 is 22.6 Å². The first-order chi connectivity index (χ1) is 17.7. The van der Waals surface area contributed by atoms with Crippen LogP contribution < -0.4 is 4.90 Å². The molecule has 2 saturated heterocycles. The lowest BCUT2D eigenvalue weighted by Crippen LogP contribution is -2.46. The van der Waals surface area contributed by atoms with Crippen LogP contribution in [0.5, 0.6) is 0 Å². The number of anilines is 1. The molecule has 0 spiro atoms. The summed E-state index contributed by atoms with van der Waals surface area (Å²) in [5.74, 6) is 0.739. The van der Waals surface area contributed by atoms with E-state index in [2.05, 4.69) is 9.97 Å². The number of ether oxygens (including phenoxy) is 1. The van der Waals surface area contributed by atoms with Crippen molar-refractivity contribution < 1.29 is 27.8 Å². The lowest BCUT2D eigenvalue weighted by molar-refractivity contribution is -0.137. The largest absolute Gasteiger partial charge is 0.416 e. The summed E-state index contributed by atoms with van der Waals surface area (Å²) in [6.07, 6.45) is -0.845. The number of hydrogen-bond donors (Lipinski definition) is 1. The van der Waals surface area contributed by atoms with Gasteiger partial charge in [-0.3, -0.25) is 9.69 Å². The highest BCUT2D eigenvalue weighted by Gasteiger charge is 2.34. The molecule has 2 aliphatic heterocycles. The number of fused-ring (bicyclic) bond motifs is 1. The zero-order valence-corrected chi connectivity index (χ0v) is 20.6. The van der Waals surface area contributed by atoms with Crippen molar-refractivity contribution in [1.82, 2.24) is 19.4 Å². The predicted molar refractivity (Wildman–Crippen MR) is 131 cm³/mol. The lowest BCUT2D eigenvalue weighted by Gasteiger charge is -2.37. The number of Topliss-reactive ketones (excluding diaryl/α,β-unsaturated/α-hetero) is 1. The first-order valence-electron chi connectivity index (χ1n) is 12.4. The number of piperidine rings is 1. The predicted octanol–water partition coefficient (Wildman–Crippen LogP) is 3.30. The number of hydrogen-bond acceptors (Lipinski definition) is 7. The highest BCUT2D eigenvalue weighted by atomic mass is 19.4. The highest BCUT2D eigenvalue weighted by molar-refractivity contribution is 5.88. The molecule has 1 unspecified atom stereocenters. The number of halogens is 3. The minimum atomic E-state index is -4.43. The molecule has 37 heavy (non-hydrogen) atoms. The second-order valence-electron chi connectivity index (χ2n) is 9.86. The number of carbonyl (C=O) groups excluding carboxylic acids is 1. The molecule has 2 aliphatic rings. The maximum absolute atomic E-state index is 13.4. The third-order valence-electron chi connectivity index (χ3n) is 7.22. The normalized spacial score (nSPS) is 23.5. The maximum atomic E-state index is 13.4. The Morgan fingerprint density at radius 1 is 1.22 bits per heavy atom. The number of aliphatic hydroxyl groups excluding tert-OH is 1. The van der Waals surface area contributed by atoms with Gasteiger partial charge in [-0.15, -0.1) is 0 Å². The van der Waals surface area contributed by atoms with E-state index in [1.807, 2.05) is 26.6 Å². The molecular formula is C26H30F3N5O3. The third-order valence-corrected chi connectivity index (χ3v) is 7.22. The van der Waals surface area contributed by atoms with Gasteiger partial charge in [-0.1, -0.05) is 12.1 Å². The molecule has 8 nitrogen and oxygen atoms in total. The van der Waals surface area contributed by atoms with Crippen molar-refractivity contribution in [3.63, 3.8) is 0 Å². The number of alkyl halides is 3. The summed E-state index contributed by atoms with van der Waals surface area (Å²) in [7, 11) is 0. The summed E-state index contributed by atoms with van der Waals surface area (Å²) >= 11 is 0. The van der Waals surface area contributed by atoms with Crippen LogP contribution in [0, 0.1) is 5.92 Å². The van der Waals surface area contributed by atoms with Crippen molar-refractivity contribution in [2.24, 2.45) is 5.92 Å². The van der Waals surface area contributed by atoms with Gasteiger partial charge >= 0.3 is 6.18 Å². The van der Waals surface area contributed by atoms with Crippen LogP contribution in [0.25, 0.3) is 11.0 Å². The molecule has 0 radical (unpaired) electrons. The maximum Gasteiger partial charge on any atom is 0.416 e. The molecule has 4 heterocycles. The number of carbonyl (C=O) groups is 1. The standard InChI is InChI=1S/C26H30F3N5O3/c1-17(35)12-32-7-5-19(23(36)14-32)13-33-8-6-21-24(33)30-16-31-25(21)34-9-10-37-15-22(34)18-3-2-4-20(11-18)26(27,28)29/h2-4,6,8,11,16,19,22-23,36H,5,7,9-10,12-15H2,1H3/t19?,22-,23+/m1/s1. The van der Waals surface area contributed by atoms with Gasteiger partial charge in [-0.05, 0) is 43.7 Å². The van der Waals surface area contributed by atoms with Crippen LogP contribution in [-0.2, 0) is 22.3 Å². The van der Waals surface area contributed by atoms with Gasteiger partial charge in [0.1, 0.15) is 23.6 Å². The van der Waals surface area contributed by atoms with Crippen LogP contribution in [0.3, 0.4) is 0 Å². The Hall–Kier alpha value is -3.02. The first kappa shape index (κ1) is 25.6. The number of rotatable bonds is 6. The number of aliphatic hydroxyl groups is 1. The van der Waals surface area contributed by atoms with Crippen LogP contribution in [0.4, 0.5) is 19.0 Å². The Morgan fingerprint density at radius 3 is 2.81 bits per heavy atom. The van der Waals surface area contributed by atoms with Crippen LogP contribution in [0.2, 0.25) is 0 Å². The summed E-state index contributed by atoms with van der Waals surface area (Å²) in [4.78, 5) is 24.4. The summed E-state index contributed by atoms with van der Waals surface area (Å²) in [6.45, 7) is 4.82. The van der Waals surface area contributed by atoms with Crippen molar-refractivity contribution in [3.8, 4) is 0 Å². The average molecular weight is 518 g/mol. The second kappa shape index (κ2) is 10.4. The van der Waals surface area contributed by atoms with E-state index in [1.165, 1.54) is 18.5 Å². The van der Waals surface area contributed by atoms with E-state index < -0.39 is 23.9 Å². The fourth-order valence-electron chi connectivity index (χ4n) is 5.39. The van der Waals surface area contributed by atoms with Gasteiger partial charge in [0, 0.05) is 31.7 Å². The Labute approximate surface area is 212 Å². The van der Waals surface area contributed by atoms with Gasteiger partial charge < -0.3 is 19.3 Å². The van der Waals surface area contributed by atoms with Gasteiger partial charge in [0.2, 0.25) is 0 Å². The van der Waals surface area contributed by atoms with E-state index in [0.29, 0.717) is 49.8 Å². The number of aromatic nitrogens is 3. The molecule has 198 valence electrons. The highest BCUT2D eigenvalue weighted by Crippen LogP contribution is 2.36. The number of morpholine rings is 1. The van der Waals surface area contributed by atoms with E-state index >= 15 is 0 Å². The van der Waals surface area contributed by atoms with Gasteiger partial charge in [-0.25, -0.2) is 9.97 Å². The van der Waals surface area contributed by atoms with Crippen LogP contribution in [-0.4, -0.2) is 75.8 Å². The Kier molecular flexibility index (Phi) is 7.19. The molecule has 5 rings (SSSR count). The molecule has 3 atom stereocenters. The van der Waals surface area contributed by atoms with E-state index in [-0.39, 0.29) is 18.3 Å². The summed E-state index contributed by atoms with van der Waals surface area (Å²) < 4.78 is 47.7. The molecule has 11 heteroatoms. The third kappa shape index (κ3) is 5.48. The molecule has 0 bridgehead atoms. The van der Waals surface area contributed by atoms with Crippen molar-refractivity contribution in [2.75, 3.05) is 44.3 Å². The summed E-state index contributed by atoms with van der Waals surface area (Å²) in [5, 5.41) is 11.5. The SMILES string of the molecule is CC(=O)CN1CCC(Cn2ccc3c(N4CCOC[C@@H]4c4cccc(C(F)(F)F)c4)ncnc32)[C@@H](O)C1. The summed E-state index contributed by atoms with van der Waals surface area (Å²) in [6, 6.07) is 6.84.